The van der Waals surface area contributed by atoms with Crippen molar-refractivity contribution in [1.29, 1.82) is 10.5 Å². The molecule has 0 aliphatic carbocycles. The van der Waals surface area contributed by atoms with E-state index in [0.29, 0.717) is 17.8 Å². The lowest BCUT2D eigenvalue weighted by atomic mass is 9.95. The number of anilines is 1. The second-order valence-electron chi connectivity index (χ2n) is 5.51. The molecule has 1 saturated heterocycles. The first-order valence-electron chi connectivity index (χ1n) is 6.43. The Bertz CT molecular complexity index is 609. The average Bonchev–Trinajstić information content (AvgIpc) is 2.41. The summed E-state index contributed by atoms with van der Waals surface area (Å²) in [6, 6.07) is 10.8. The molecular weight excluding hydrogens is 252 g/mol. The molecule has 1 N–H and O–H groups in total. The molecule has 5 heteroatoms. The highest BCUT2D eigenvalue weighted by molar-refractivity contribution is 5.88. The van der Waals surface area contributed by atoms with E-state index in [1.54, 1.807) is 12.1 Å². The maximum atomic E-state index is 12.2. The third-order valence-electron chi connectivity index (χ3n) is 3.32. The zero-order chi connectivity index (χ0) is 14.8. The largest absolute Gasteiger partial charge is 0.355 e. The quantitative estimate of drug-likeness (QED) is 0.882. The number of nitrogens with zero attached hydrogens (tertiary/aromatic N) is 3. The van der Waals surface area contributed by atoms with Crippen LogP contribution in [-0.4, -0.2) is 24.0 Å². The normalized spacial score (nSPS) is 20.7. The van der Waals surface area contributed by atoms with Crippen molar-refractivity contribution >= 4 is 11.6 Å². The molecule has 1 aliphatic heterocycles. The Labute approximate surface area is 118 Å². The molecule has 1 aromatic carbocycles. The Morgan fingerprint density at radius 1 is 1.40 bits per heavy atom. The van der Waals surface area contributed by atoms with E-state index in [0.717, 1.165) is 0 Å². The molecule has 1 unspecified atom stereocenters. The van der Waals surface area contributed by atoms with Crippen LogP contribution in [0, 0.1) is 22.7 Å². The number of para-hydroxylation sites is 1. The van der Waals surface area contributed by atoms with Crippen LogP contribution in [-0.2, 0) is 4.79 Å². The minimum atomic E-state index is -0.553. The smallest absolute Gasteiger partial charge is 0.244 e. The summed E-state index contributed by atoms with van der Waals surface area (Å²) in [5.74, 6) is -0.171. The molecule has 0 saturated carbocycles. The topological polar surface area (TPSA) is 79.9 Å². The number of hydrogen-bond donors (Lipinski definition) is 1. The maximum absolute atomic E-state index is 12.2. The van der Waals surface area contributed by atoms with Crippen LogP contribution in [0.1, 0.15) is 25.8 Å². The first-order chi connectivity index (χ1) is 9.48. The second-order valence-corrected chi connectivity index (χ2v) is 5.51. The zero-order valence-corrected chi connectivity index (χ0v) is 11.6. The SMILES string of the molecule is CC1(C)CN(c2ccccc2C#N)C(CC#N)C(=O)N1. The lowest BCUT2D eigenvalue weighted by Gasteiger charge is -2.44. The first kappa shape index (κ1) is 13.9. The lowest BCUT2D eigenvalue weighted by molar-refractivity contribution is -0.125. The fourth-order valence-corrected chi connectivity index (χ4v) is 2.49. The van der Waals surface area contributed by atoms with Gasteiger partial charge in [-0.3, -0.25) is 4.79 Å². The van der Waals surface area contributed by atoms with Crippen molar-refractivity contribution in [2.45, 2.75) is 31.8 Å². The van der Waals surface area contributed by atoms with Gasteiger partial charge in [-0.25, -0.2) is 0 Å². The van der Waals surface area contributed by atoms with Crippen LogP contribution in [0.3, 0.4) is 0 Å². The van der Waals surface area contributed by atoms with E-state index < -0.39 is 11.6 Å². The molecule has 1 atom stereocenters. The molecule has 1 heterocycles. The molecule has 0 bridgehead atoms. The molecular formula is C15H16N4O. The van der Waals surface area contributed by atoms with E-state index in [9.17, 15) is 10.1 Å². The van der Waals surface area contributed by atoms with Gasteiger partial charge in [-0.05, 0) is 26.0 Å². The summed E-state index contributed by atoms with van der Waals surface area (Å²) in [6.07, 6.45) is 0.0989. The predicted octanol–water partition coefficient (Wildman–Crippen LogP) is 1.56. The summed E-state index contributed by atoms with van der Waals surface area (Å²) in [7, 11) is 0. The van der Waals surface area contributed by atoms with Gasteiger partial charge in [0.15, 0.2) is 0 Å². The van der Waals surface area contributed by atoms with Crippen molar-refractivity contribution < 1.29 is 4.79 Å². The van der Waals surface area contributed by atoms with Crippen LogP contribution >= 0.6 is 0 Å². The molecule has 1 amide bonds. The summed E-state index contributed by atoms with van der Waals surface area (Å²) >= 11 is 0. The number of hydrogen-bond acceptors (Lipinski definition) is 4. The summed E-state index contributed by atoms with van der Waals surface area (Å²) in [6.45, 7) is 4.41. The van der Waals surface area contributed by atoms with Crippen LogP contribution < -0.4 is 10.2 Å². The molecule has 0 aromatic heterocycles. The van der Waals surface area contributed by atoms with Crippen LogP contribution in [0.25, 0.3) is 0 Å². The van der Waals surface area contributed by atoms with E-state index in [1.165, 1.54) is 0 Å². The Morgan fingerprint density at radius 2 is 2.10 bits per heavy atom. The zero-order valence-electron chi connectivity index (χ0n) is 11.6. The van der Waals surface area contributed by atoms with Crippen molar-refractivity contribution in [3.05, 3.63) is 29.8 Å². The molecule has 102 valence electrons. The number of nitrogens with one attached hydrogen (secondary N) is 1. The van der Waals surface area contributed by atoms with Gasteiger partial charge in [-0.1, -0.05) is 12.1 Å². The average molecular weight is 268 g/mol. The highest BCUT2D eigenvalue weighted by Crippen LogP contribution is 2.28. The number of carbonyl (C=O) groups is 1. The van der Waals surface area contributed by atoms with Crippen LogP contribution in [0.2, 0.25) is 0 Å². The molecule has 5 nitrogen and oxygen atoms in total. The van der Waals surface area contributed by atoms with Gasteiger partial charge in [0.2, 0.25) is 5.91 Å². The van der Waals surface area contributed by atoms with E-state index in [-0.39, 0.29) is 12.3 Å². The van der Waals surface area contributed by atoms with E-state index in [2.05, 4.69) is 11.4 Å². The maximum Gasteiger partial charge on any atom is 0.244 e. The van der Waals surface area contributed by atoms with Gasteiger partial charge < -0.3 is 10.2 Å². The minimum Gasteiger partial charge on any atom is -0.355 e. The standard InChI is InChI=1S/C15H16N4O/c1-15(2)10-19(13(7-8-16)14(20)18-15)12-6-4-3-5-11(12)9-17/h3-6,13H,7,10H2,1-2H3,(H,18,20). The second kappa shape index (κ2) is 5.22. The van der Waals surface area contributed by atoms with Crippen molar-refractivity contribution in [2.75, 3.05) is 11.4 Å². The lowest BCUT2D eigenvalue weighted by Crippen LogP contribution is -2.65. The van der Waals surface area contributed by atoms with Gasteiger partial charge in [0.1, 0.15) is 12.1 Å². The van der Waals surface area contributed by atoms with Gasteiger partial charge in [0, 0.05) is 6.54 Å². The number of nitriles is 2. The van der Waals surface area contributed by atoms with E-state index in [4.69, 9.17) is 5.26 Å². The molecule has 1 fully saturated rings. The predicted molar refractivity (Wildman–Crippen MR) is 74.7 cm³/mol. The Balaban J connectivity index is 2.47. The fraction of sp³-hybridized carbons (Fsp3) is 0.400. The highest BCUT2D eigenvalue weighted by atomic mass is 16.2. The number of benzene rings is 1. The number of piperazine rings is 1. The summed E-state index contributed by atoms with van der Waals surface area (Å²) in [4.78, 5) is 14.1. The molecule has 2 rings (SSSR count). The summed E-state index contributed by atoms with van der Waals surface area (Å²) in [5, 5.41) is 21.1. The first-order valence-corrected chi connectivity index (χ1v) is 6.43. The van der Waals surface area contributed by atoms with Crippen molar-refractivity contribution in [1.82, 2.24) is 5.32 Å². The monoisotopic (exact) mass is 268 g/mol. The van der Waals surface area contributed by atoms with Gasteiger partial charge in [-0.15, -0.1) is 0 Å². The molecule has 0 spiro atoms. The number of amides is 1. The van der Waals surface area contributed by atoms with Crippen LogP contribution in [0.15, 0.2) is 24.3 Å². The highest BCUT2D eigenvalue weighted by Gasteiger charge is 2.39. The third-order valence-corrected chi connectivity index (χ3v) is 3.32. The van der Waals surface area contributed by atoms with Crippen molar-refractivity contribution in [2.24, 2.45) is 0 Å². The van der Waals surface area contributed by atoms with E-state index in [1.807, 2.05) is 36.9 Å². The van der Waals surface area contributed by atoms with Crippen LogP contribution in [0.4, 0.5) is 5.69 Å². The summed E-state index contributed by atoms with van der Waals surface area (Å²) in [5.41, 5.74) is 0.824. The minimum absolute atomic E-state index is 0.0989. The number of carbonyl (C=O) groups excluding carboxylic acids is 1. The molecule has 20 heavy (non-hydrogen) atoms. The van der Waals surface area contributed by atoms with Gasteiger partial charge in [0.05, 0.1) is 29.3 Å². The van der Waals surface area contributed by atoms with Crippen molar-refractivity contribution in [3.8, 4) is 12.1 Å². The number of rotatable bonds is 2. The summed E-state index contributed by atoms with van der Waals surface area (Å²) < 4.78 is 0. The molecule has 1 aromatic rings. The molecule has 0 radical (unpaired) electrons. The van der Waals surface area contributed by atoms with Gasteiger partial charge in [0.25, 0.3) is 0 Å². The Morgan fingerprint density at radius 3 is 2.75 bits per heavy atom. The fourth-order valence-electron chi connectivity index (χ4n) is 2.49. The van der Waals surface area contributed by atoms with Gasteiger partial charge in [-0.2, -0.15) is 10.5 Å². The van der Waals surface area contributed by atoms with E-state index >= 15 is 0 Å². The third kappa shape index (κ3) is 2.57. The van der Waals surface area contributed by atoms with Gasteiger partial charge >= 0.3 is 0 Å². The molecule has 1 aliphatic rings. The van der Waals surface area contributed by atoms with Crippen LogP contribution in [0.5, 0.6) is 0 Å². The Hall–Kier alpha value is -2.53. The van der Waals surface area contributed by atoms with Crippen molar-refractivity contribution in [3.63, 3.8) is 0 Å². The Kier molecular flexibility index (Phi) is 3.63.